The Morgan fingerprint density at radius 2 is 1.96 bits per heavy atom. The summed E-state index contributed by atoms with van der Waals surface area (Å²) < 4.78 is 14.6. The van der Waals surface area contributed by atoms with Gasteiger partial charge in [0.15, 0.2) is 5.82 Å². The summed E-state index contributed by atoms with van der Waals surface area (Å²) in [7, 11) is 0. The van der Waals surface area contributed by atoms with Gasteiger partial charge < -0.3 is 9.80 Å². The van der Waals surface area contributed by atoms with Crippen molar-refractivity contribution in [1.29, 1.82) is 0 Å². The van der Waals surface area contributed by atoms with Crippen LogP contribution in [-0.2, 0) is 0 Å². The van der Waals surface area contributed by atoms with Gasteiger partial charge in [-0.1, -0.05) is 44.2 Å². The van der Waals surface area contributed by atoms with Gasteiger partial charge in [0.2, 0.25) is 0 Å². The Balaban J connectivity index is 1.88. The normalized spacial score (nSPS) is 24.4. The standard InChI is InChI=1S/C23H27FN4/c1-17(2)21-25-12-7-14-28(21)20-19(18-8-5-4-6-9-18)10-13-26-22(20)27-15-11-23(3,24)16-27/h4-10,12-14,17,21H,11,15-16H2,1-3H3. The molecule has 0 spiro atoms. The lowest BCUT2D eigenvalue weighted by Crippen LogP contribution is -2.37. The Morgan fingerprint density at radius 3 is 2.64 bits per heavy atom. The highest BCUT2D eigenvalue weighted by molar-refractivity contribution is 5.89. The lowest BCUT2D eigenvalue weighted by atomic mass is 10.0. The zero-order valence-corrected chi connectivity index (χ0v) is 16.7. The summed E-state index contributed by atoms with van der Waals surface area (Å²) >= 11 is 0. The summed E-state index contributed by atoms with van der Waals surface area (Å²) in [5.74, 6) is 1.15. The Hall–Kier alpha value is -2.69. The van der Waals surface area contributed by atoms with Gasteiger partial charge in [-0.25, -0.2) is 9.37 Å². The van der Waals surface area contributed by atoms with Crippen LogP contribution in [0, 0.1) is 5.92 Å². The molecule has 2 unspecified atom stereocenters. The number of allylic oxidation sites excluding steroid dienone is 1. The Bertz CT molecular complexity index is 889. The van der Waals surface area contributed by atoms with Gasteiger partial charge in [-0.05, 0) is 30.5 Å². The molecule has 2 aliphatic heterocycles. The molecule has 0 bridgehead atoms. The number of benzene rings is 1. The first-order valence-electron chi connectivity index (χ1n) is 9.93. The summed E-state index contributed by atoms with van der Waals surface area (Å²) in [6.07, 6.45) is 8.20. The number of rotatable bonds is 4. The second-order valence-electron chi connectivity index (χ2n) is 8.19. The predicted octanol–water partition coefficient (Wildman–Crippen LogP) is 5.07. The van der Waals surface area contributed by atoms with E-state index in [0.29, 0.717) is 25.4 Å². The molecule has 2 atom stereocenters. The summed E-state index contributed by atoms with van der Waals surface area (Å²) in [5.41, 5.74) is 2.02. The van der Waals surface area contributed by atoms with Gasteiger partial charge in [0.05, 0.1) is 12.2 Å². The first-order valence-corrected chi connectivity index (χ1v) is 9.93. The Labute approximate surface area is 166 Å². The molecule has 0 radical (unpaired) electrons. The minimum atomic E-state index is -1.19. The van der Waals surface area contributed by atoms with E-state index in [0.717, 1.165) is 22.6 Å². The maximum atomic E-state index is 14.6. The molecular weight excluding hydrogens is 351 g/mol. The van der Waals surface area contributed by atoms with Crippen molar-refractivity contribution in [2.45, 2.75) is 39.0 Å². The number of anilines is 2. The lowest BCUT2D eigenvalue weighted by molar-refractivity contribution is 0.221. The average molecular weight is 378 g/mol. The van der Waals surface area contributed by atoms with Gasteiger partial charge in [0, 0.05) is 37.1 Å². The molecule has 1 aromatic carbocycles. The van der Waals surface area contributed by atoms with Gasteiger partial charge >= 0.3 is 0 Å². The molecule has 4 rings (SSSR count). The second kappa shape index (κ2) is 7.38. The molecule has 5 heteroatoms. The molecule has 3 heterocycles. The number of aromatic nitrogens is 1. The van der Waals surface area contributed by atoms with E-state index < -0.39 is 5.67 Å². The highest BCUT2D eigenvalue weighted by Crippen LogP contribution is 2.42. The summed E-state index contributed by atoms with van der Waals surface area (Å²) in [6.45, 7) is 7.04. The van der Waals surface area contributed by atoms with E-state index in [1.165, 1.54) is 0 Å². The monoisotopic (exact) mass is 378 g/mol. The van der Waals surface area contributed by atoms with Gasteiger partial charge in [-0.15, -0.1) is 0 Å². The smallest absolute Gasteiger partial charge is 0.153 e. The molecule has 0 aliphatic carbocycles. The fraction of sp³-hybridized carbons (Fsp3) is 0.391. The van der Waals surface area contributed by atoms with Crippen LogP contribution in [0.3, 0.4) is 0 Å². The molecule has 2 aromatic rings. The molecular formula is C23H27FN4. The summed E-state index contributed by atoms with van der Waals surface area (Å²) in [4.78, 5) is 13.7. The minimum Gasteiger partial charge on any atom is -0.352 e. The van der Waals surface area contributed by atoms with Crippen LogP contribution in [0.5, 0.6) is 0 Å². The van der Waals surface area contributed by atoms with E-state index in [1.54, 1.807) is 6.92 Å². The lowest BCUT2D eigenvalue weighted by Gasteiger charge is -2.36. The van der Waals surface area contributed by atoms with E-state index in [1.807, 2.05) is 42.8 Å². The number of alkyl halides is 1. The number of pyridine rings is 1. The number of hydrogen-bond donors (Lipinski definition) is 0. The minimum absolute atomic E-state index is 0.0187. The fourth-order valence-corrected chi connectivity index (χ4v) is 4.01. The summed E-state index contributed by atoms with van der Waals surface area (Å²) in [5, 5.41) is 0. The third-order valence-electron chi connectivity index (χ3n) is 5.42. The largest absolute Gasteiger partial charge is 0.352 e. The second-order valence-corrected chi connectivity index (χ2v) is 8.19. The van der Waals surface area contributed by atoms with Crippen LogP contribution in [0.2, 0.25) is 0 Å². The number of nitrogens with zero attached hydrogens (tertiary/aromatic N) is 4. The van der Waals surface area contributed by atoms with Gasteiger partial charge in [0.25, 0.3) is 0 Å². The number of aliphatic imine (C=N–C) groups is 1. The van der Waals surface area contributed by atoms with E-state index in [9.17, 15) is 4.39 Å². The third kappa shape index (κ3) is 3.53. The summed E-state index contributed by atoms with van der Waals surface area (Å²) in [6, 6.07) is 12.3. The van der Waals surface area contributed by atoms with Crippen LogP contribution in [-0.4, -0.2) is 36.1 Å². The highest BCUT2D eigenvalue weighted by Gasteiger charge is 2.37. The molecule has 28 heavy (non-hydrogen) atoms. The molecule has 0 amide bonds. The van der Waals surface area contributed by atoms with Crippen molar-refractivity contribution < 1.29 is 4.39 Å². The van der Waals surface area contributed by atoms with Crippen molar-refractivity contribution in [2.75, 3.05) is 22.9 Å². The van der Waals surface area contributed by atoms with E-state index in [4.69, 9.17) is 9.98 Å². The van der Waals surface area contributed by atoms with E-state index in [-0.39, 0.29) is 6.17 Å². The molecule has 0 saturated carbocycles. The fourth-order valence-electron chi connectivity index (χ4n) is 4.01. The van der Waals surface area contributed by atoms with E-state index >= 15 is 0 Å². The van der Waals surface area contributed by atoms with Crippen molar-refractivity contribution in [3.63, 3.8) is 0 Å². The molecule has 1 saturated heterocycles. The zero-order valence-electron chi connectivity index (χ0n) is 16.7. The molecule has 1 fully saturated rings. The molecule has 0 N–H and O–H groups in total. The Kier molecular flexibility index (Phi) is 4.92. The van der Waals surface area contributed by atoms with Gasteiger partial charge in [-0.3, -0.25) is 4.99 Å². The quantitative estimate of drug-likeness (QED) is 0.744. The number of halogens is 1. The molecule has 4 nitrogen and oxygen atoms in total. The van der Waals surface area contributed by atoms with Crippen LogP contribution < -0.4 is 9.80 Å². The average Bonchev–Trinajstić information content (AvgIpc) is 3.07. The van der Waals surface area contributed by atoms with Crippen molar-refractivity contribution in [1.82, 2.24) is 4.98 Å². The van der Waals surface area contributed by atoms with Crippen LogP contribution in [0.1, 0.15) is 27.2 Å². The first kappa shape index (κ1) is 18.7. The topological polar surface area (TPSA) is 31.7 Å². The highest BCUT2D eigenvalue weighted by atomic mass is 19.1. The predicted molar refractivity (Wildman–Crippen MR) is 115 cm³/mol. The Morgan fingerprint density at radius 1 is 1.18 bits per heavy atom. The van der Waals surface area contributed by atoms with Gasteiger partial charge in [-0.2, -0.15) is 0 Å². The van der Waals surface area contributed by atoms with Crippen molar-refractivity contribution in [3.8, 4) is 11.1 Å². The van der Waals surface area contributed by atoms with Crippen LogP contribution in [0.25, 0.3) is 11.1 Å². The maximum absolute atomic E-state index is 14.6. The van der Waals surface area contributed by atoms with Crippen molar-refractivity contribution in [2.24, 2.45) is 10.9 Å². The van der Waals surface area contributed by atoms with Gasteiger partial charge in [0.1, 0.15) is 11.8 Å². The number of hydrogen-bond acceptors (Lipinski definition) is 4. The third-order valence-corrected chi connectivity index (χ3v) is 5.42. The first-order chi connectivity index (χ1) is 13.5. The van der Waals surface area contributed by atoms with E-state index in [2.05, 4.69) is 42.0 Å². The molecule has 146 valence electrons. The van der Waals surface area contributed by atoms with Crippen molar-refractivity contribution in [3.05, 3.63) is 54.9 Å². The SMILES string of the molecule is CC(C)C1N=CC=CN1c1c(-c2ccccc2)ccnc1N1CCC(C)(F)C1. The molecule has 2 aliphatic rings. The maximum Gasteiger partial charge on any atom is 0.153 e. The van der Waals surface area contributed by atoms with Crippen LogP contribution in [0.4, 0.5) is 15.9 Å². The molecule has 1 aromatic heterocycles. The van der Waals surface area contributed by atoms with Crippen LogP contribution in [0.15, 0.2) is 59.9 Å². The zero-order chi connectivity index (χ0) is 19.7. The van der Waals surface area contributed by atoms with Crippen LogP contribution >= 0.6 is 0 Å². The van der Waals surface area contributed by atoms with Crippen molar-refractivity contribution >= 4 is 17.7 Å².